The first-order chi connectivity index (χ1) is 8.84. The van der Waals surface area contributed by atoms with Gasteiger partial charge < -0.3 is 9.47 Å². The van der Waals surface area contributed by atoms with Crippen molar-refractivity contribution in [1.82, 2.24) is 0 Å². The molecule has 0 radical (unpaired) electrons. The van der Waals surface area contributed by atoms with Crippen LogP contribution in [0.4, 0.5) is 0 Å². The fourth-order valence-electron chi connectivity index (χ4n) is 2.00. The molecule has 19 heavy (non-hydrogen) atoms. The first-order valence-corrected chi connectivity index (χ1v) is 6.59. The molecule has 102 valence electrons. The normalized spacial score (nSPS) is 17.4. The highest BCUT2D eigenvalue weighted by atomic mass is 16.5. The minimum atomic E-state index is 0.0396. The lowest BCUT2D eigenvalue weighted by Gasteiger charge is -2.37. The molecule has 0 N–H and O–H groups in total. The molecule has 1 saturated heterocycles. The molecule has 1 aliphatic heterocycles. The predicted molar refractivity (Wildman–Crippen MR) is 74.3 cm³/mol. The second kappa shape index (κ2) is 4.86. The van der Waals surface area contributed by atoms with Crippen molar-refractivity contribution in [3.05, 3.63) is 29.3 Å². The molecule has 1 aromatic rings. The van der Waals surface area contributed by atoms with E-state index in [1.165, 1.54) is 0 Å². The van der Waals surface area contributed by atoms with E-state index in [1.807, 2.05) is 18.2 Å². The predicted octanol–water partition coefficient (Wildman–Crippen LogP) is 3.27. The summed E-state index contributed by atoms with van der Waals surface area (Å²) in [5.74, 6) is 0.670. The number of hydrogen-bond acceptors (Lipinski definition) is 3. The van der Waals surface area contributed by atoms with E-state index in [0.717, 1.165) is 18.8 Å². The molecular weight excluding hydrogens is 238 g/mol. The van der Waals surface area contributed by atoms with Gasteiger partial charge in [-0.05, 0) is 23.1 Å². The molecule has 0 bridgehead atoms. The van der Waals surface area contributed by atoms with E-state index in [2.05, 4.69) is 33.8 Å². The Bertz CT molecular complexity index is 504. The van der Waals surface area contributed by atoms with Crippen LogP contribution in [0.3, 0.4) is 0 Å². The van der Waals surface area contributed by atoms with Crippen molar-refractivity contribution < 1.29 is 9.47 Å². The van der Waals surface area contributed by atoms with Crippen molar-refractivity contribution in [3.63, 3.8) is 0 Å². The third kappa shape index (κ3) is 3.08. The van der Waals surface area contributed by atoms with Gasteiger partial charge in [0.2, 0.25) is 0 Å². The maximum Gasteiger partial charge on any atom is 0.137 e. The monoisotopic (exact) mass is 259 g/mol. The molecule has 1 heterocycles. The number of nitrogens with zero attached hydrogens (tertiary/aromatic N) is 1. The van der Waals surface area contributed by atoms with Crippen molar-refractivity contribution in [2.45, 2.75) is 33.1 Å². The Labute approximate surface area is 115 Å². The van der Waals surface area contributed by atoms with E-state index in [0.29, 0.717) is 17.9 Å². The number of ether oxygens (including phenoxy) is 2. The van der Waals surface area contributed by atoms with Crippen molar-refractivity contribution in [1.29, 1.82) is 5.26 Å². The van der Waals surface area contributed by atoms with Gasteiger partial charge in [-0.1, -0.05) is 33.8 Å². The van der Waals surface area contributed by atoms with Crippen LogP contribution < -0.4 is 4.74 Å². The molecule has 2 rings (SSSR count). The second-order valence-corrected chi connectivity index (χ2v) is 6.66. The zero-order valence-electron chi connectivity index (χ0n) is 12.1. The summed E-state index contributed by atoms with van der Waals surface area (Å²) < 4.78 is 11.0. The summed E-state index contributed by atoms with van der Waals surface area (Å²) in [6, 6.07) is 8.09. The van der Waals surface area contributed by atoms with E-state index in [1.54, 1.807) is 0 Å². The Morgan fingerprint density at radius 3 is 2.53 bits per heavy atom. The molecule has 0 atom stereocenters. The fraction of sp³-hybridized carbons (Fsp3) is 0.562. The van der Waals surface area contributed by atoms with Gasteiger partial charge in [0.05, 0.1) is 25.4 Å². The number of rotatable bonds is 3. The summed E-state index contributed by atoms with van der Waals surface area (Å²) in [7, 11) is 0. The van der Waals surface area contributed by atoms with Crippen LogP contribution in [-0.4, -0.2) is 19.8 Å². The first-order valence-electron chi connectivity index (χ1n) is 6.59. The number of benzene rings is 1. The van der Waals surface area contributed by atoms with Gasteiger partial charge in [-0.2, -0.15) is 5.26 Å². The molecule has 1 aliphatic rings. The highest BCUT2D eigenvalue weighted by molar-refractivity contribution is 5.47. The summed E-state index contributed by atoms with van der Waals surface area (Å²) in [5.41, 5.74) is 1.89. The molecule has 0 aliphatic carbocycles. The van der Waals surface area contributed by atoms with E-state index >= 15 is 0 Å². The number of hydrogen-bond donors (Lipinski definition) is 0. The minimum Gasteiger partial charge on any atom is -0.491 e. The molecule has 0 aromatic heterocycles. The van der Waals surface area contributed by atoms with Gasteiger partial charge in [-0.15, -0.1) is 0 Å². The van der Waals surface area contributed by atoms with Crippen molar-refractivity contribution in [2.24, 2.45) is 5.41 Å². The maximum absolute atomic E-state index is 9.25. The minimum absolute atomic E-state index is 0.0396. The standard InChI is InChI=1S/C16H21NO2/c1-15(2,3)13-5-6-14(12(7-13)8-17)19-11-16(4)9-18-10-16/h5-7H,9-11H2,1-4H3. The van der Waals surface area contributed by atoms with E-state index in [9.17, 15) is 5.26 Å². The van der Waals surface area contributed by atoms with Gasteiger partial charge in [0.25, 0.3) is 0 Å². The lowest BCUT2D eigenvalue weighted by Crippen LogP contribution is -2.44. The molecule has 3 heteroatoms. The van der Waals surface area contributed by atoms with Crippen LogP contribution in [0.25, 0.3) is 0 Å². The van der Waals surface area contributed by atoms with Crippen LogP contribution in [0, 0.1) is 16.7 Å². The zero-order valence-corrected chi connectivity index (χ0v) is 12.1. The quantitative estimate of drug-likeness (QED) is 0.836. The topological polar surface area (TPSA) is 42.2 Å². The number of nitriles is 1. The summed E-state index contributed by atoms with van der Waals surface area (Å²) in [5, 5.41) is 9.25. The smallest absolute Gasteiger partial charge is 0.137 e. The fourth-order valence-corrected chi connectivity index (χ4v) is 2.00. The third-order valence-electron chi connectivity index (χ3n) is 3.44. The molecule has 0 spiro atoms. The Morgan fingerprint density at radius 1 is 1.37 bits per heavy atom. The van der Waals surface area contributed by atoms with Gasteiger partial charge in [-0.3, -0.25) is 0 Å². The van der Waals surface area contributed by atoms with Crippen LogP contribution in [0.5, 0.6) is 5.75 Å². The average molecular weight is 259 g/mol. The van der Waals surface area contributed by atoms with Crippen molar-refractivity contribution in [3.8, 4) is 11.8 Å². The van der Waals surface area contributed by atoms with Crippen molar-refractivity contribution in [2.75, 3.05) is 19.8 Å². The van der Waals surface area contributed by atoms with Gasteiger partial charge in [-0.25, -0.2) is 0 Å². The third-order valence-corrected chi connectivity index (χ3v) is 3.44. The summed E-state index contributed by atoms with van der Waals surface area (Å²) in [6.07, 6.45) is 0. The molecule has 1 aromatic carbocycles. The molecule has 0 unspecified atom stereocenters. The lowest BCUT2D eigenvalue weighted by atomic mass is 9.86. The van der Waals surface area contributed by atoms with Gasteiger partial charge >= 0.3 is 0 Å². The van der Waals surface area contributed by atoms with Gasteiger partial charge in [0.1, 0.15) is 11.8 Å². The Morgan fingerprint density at radius 2 is 2.05 bits per heavy atom. The van der Waals surface area contributed by atoms with E-state index in [4.69, 9.17) is 9.47 Å². The van der Waals surface area contributed by atoms with Crippen LogP contribution in [0.15, 0.2) is 18.2 Å². The maximum atomic E-state index is 9.25. The molecular formula is C16H21NO2. The van der Waals surface area contributed by atoms with Crippen LogP contribution in [-0.2, 0) is 10.2 Å². The van der Waals surface area contributed by atoms with Crippen LogP contribution in [0.2, 0.25) is 0 Å². The van der Waals surface area contributed by atoms with Crippen LogP contribution >= 0.6 is 0 Å². The lowest BCUT2D eigenvalue weighted by molar-refractivity contribution is -0.120. The summed E-state index contributed by atoms with van der Waals surface area (Å²) >= 11 is 0. The SMILES string of the molecule is CC1(COc2ccc(C(C)(C)C)cc2C#N)COC1. The molecule has 1 fully saturated rings. The Kier molecular flexibility index (Phi) is 3.56. The Balaban J connectivity index is 2.15. The van der Waals surface area contributed by atoms with E-state index < -0.39 is 0 Å². The summed E-state index contributed by atoms with van der Waals surface area (Å²) in [4.78, 5) is 0. The molecule has 0 amide bonds. The van der Waals surface area contributed by atoms with Crippen molar-refractivity contribution >= 4 is 0 Å². The molecule has 0 saturated carbocycles. The van der Waals surface area contributed by atoms with Gasteiger partial charge in [0.15, 0.2) is 0 Å². The molecule has 3 nitrogen and oxygen atoms in total. The summed E-state index contributed by atoms with van der Waals surface area (Å²) in [6.45, 7) is 10.6. The van der Waals surface area contributed by atoms with Gasteiger partial charge in [0, 0.05) is 5.41 Å². The largest absolute Gasteiger partial charge is 0.491 e. The Hall–Kier alpha value is -1.53. The second-order valence-electron chi connectivity index (χ2n) is 6.66. The highest BCUT2D eigenvalue weighted by Gasteiger charge is 2.34. The zero-order chi connectivity index (χ0) is 14.1. The highest BCUT2D eigenvalue weighted by Crippen LogP contribution is 2.31. The van der Waals surface area contributed by atoms with Crippen LogP contribution in [0.1, 0.15) is 38.8 Å². The van der Waals surface area contributed by atoms with E-state index in [-0.39, 0.29) is 10.8 Å². The average Bonchev–Trinajstić information content (AvgIpc) is 2.32. The first kappa shape index (κ1) is 13.9.